The number of benzene rings is 9. The lowest BCUT2D eigenvalue weighted by Gasteiger charge is -2.17. The molecule has 0 spiro atoms. The molecule has 10 aromatic rings. The maximum absolute atomic E-state index is 9.37. The van der Waals surface area contributed by atoms with Crippen LogP contribution in [0.1, 0.15) is 11.0 Å². The van der Waals surface area contributed by atoms with Gasteiger partial charge in [-0.3, -0.25) is 0 Å². The van der Waals surface area contributed by atoms with Gasteiger partial charge in [-0.05, 0) is 77.0 Å². The maximum Gasteiger partial charge on any atom is 0.143 e. The summed E-state index contributed by atoms with van der Waals surface area (Å²) in [4.78, 5) is 0. The van der Waals surface area contributed by atoms with Crippen molar-refractivity contribution in [1.29, 1.82) is 0 Å². The molecule has 1 nitrogen and oxygen atoms in total. The second-order valence-electron chi connectivity index (χ2n) is 11.4. The lowest BCUT2D eigenvalue weighted by atomic mass is 9.87. The van der Waals surface area contributed by atoms with Crippen LogP contribution in [0.15, 0.2) is 162 Å². The van der Waals surface area contributed by atoms with Crippen molar-refractivity contribution in [3.63, 3.8) is 0 Å². The van der Waals surface area contributed by atoms with Crippen molar-refractivity contribution in [2.24, 2.45) is 0 Å². The maximum atomic E-state index is 9.37. The molecule has 45 heavy (non-hydrogen) atoms. The van der Waals surface area contributed by atoms with Crippen molar-refractivity contribution in [1.82, 2.24) is 0 Å². The minimum Gasteiger partial charge on any atom is -0.455 e. The number of hydrogen-bond donors (Lipinski definition) is 0. The Kier molecular flexibility index (Phi) is 3.72. The van der Waals surface area contributed by atoms with E-state index in [9.17, 15) is 11.0 Å². The SMILES string of the molecule is [2H]c1c([2H])c2c([2H])c([2H])c3c(-c4cccc5c4oc4ccccc45)c([2H])c([2H])c4c([2H])c([2H])c(c1-c1ccc(-c5cccc6ccccc56)cc1)c2c43. The van der Waals surface area contributed by atoms with Crippen LogP contribution in [0.25, 0.3) is 98.4 Å². The van der Waals surface area contributed by atoms with Gasteiger partial charge in [0.15, 0.2) is 0 Å². The number of fused-ring (bicyclic) bond motifs is 4. The van der Waals surface area contributed by atoms with Crippen LogP contribution in [0.2, 0.25) is 0 Å². The lowest BCUT2D eigenvalue weighted by Crippen LogP contribution is -1.90. The molecule has 0 N–H and O–H groups in total. The molecule has 9 aromatic carbocycles. The molecule has 1 heterocycles. The molecule has 0 radical (unpaired) electrons. The minimum atomic E-state index is -0.313. The Hall–Kier alpha value is -5.92. The molecule has 0 bridgehead atoms. The van der Waals surface area contributed by atoms with Crippen LogP contribution in [-0.2, 0) is 0 Å². The number of hydrogen-bond acceptors (Lipinski definition) is 1. The van der Waals surface area contributed by atoms with Crippen LogP contribution in [0.4, 0.5) is 0 Å². The van der Waals surface area contributed by atoms with Gasteiger partial charge >= 0.3 is 0 Å². The van der Waals surface area contributed by atoms with Crippen LogP contribution in [0, 0.1) is 0 Å². The highest BCUT2D eigenvalue weighted by molar-refractivity contribution is 6.28. The van der Waals surface area contributed by atoms with Crippen LogP contribution in [0.5, 0.6) is 0 Å². The molecule has 0 saturated heterocycles. The molecule has 10 rings (SSSR count). The highest BCUT2D eigenvalue weighted by Gasteiger charge is 2.18. The average molecular weight is 579 g/mol. The average Bonchev–Trinajstić information content (AvgIpc) is 3.57. The van der Waals surface area contributed by atoms with E-state index in [0.29, 0.717) is 22.3 Å². The summed E-state index contributed by atoms with van der Waals surface area (Å²) >= 11 is 0. The van der Waals surface area contributed by atoms with Crippen LogP contribution in [0.3, 0.4) is 0 Å². The Morgan fingerprint density at radius 3 is 1.71 bits per heavy atom. The minimum absolute atomic E-state index is 0.0101. The van der Waals surface area contributed by atoms with E-state index in [4.69, 9.17) is 4.42 Å². The standard InChI is InChI=1S/C44H26O/c1-2-9-32-27(7-1)8-5-11-33(32)28-15-17-29(18-16-28)34-23-19-30-22-26-38-35(24-20-31-21-25-37(34)42(30)43(31)38)39-12-6-13-40-36-10-3-4-14-41(36)45-44(39)40/h1-26H/i19D,20D,21D,22D,23D,24D,25D,26D. The van der Waals surface area contributed by atoms with Gasteiger partial charge in [0.25, 0.3) is 0 Å². The molecule has 0 aliphatic rings. The molecule has 0 saturated carbocycles. The summed E-state index contributed by atoms with van der Waals surface area (Å²) in [6.07, 6.45) is 0. The van der Waals surface area contributed by atoms with Gasteiger partial charge in [-0.15, -0.1) is 0 Å². The van der Waals surface area contributed by atoms with Crippen molar-refractivity contribution >= 4 is 65.0 Å². The van der Waals surface area contributed by atoms with Crippen molar-refractivity contribution in [2.45, 2.75) is 0 Å². The van der Waals surface area contributed by atoms with Gasteiger partial charge < -0.3 is 4.42 Å². The summed E-state index contributed by atoms with van der Waals surface area (Å²) in [5.41, 5.74) is 4.62. The monoisotopic (exact) mass is 578 g/mol. The molecule has 0 aliphatic carbocycles. The largest absolute Gasteiger partial charge is 0.455 e. The van der Waals surface area contributed by atoms with Crippen LogP contribution < -0.4 is 0 Å². The topological polar surface area (TPSA) is 13.1 Å². The summed E-state index contributed by atoms with van der Waals surface area (Å²) < 4.78 is 80.6. The predicted molar refractivity (Wildman–Crippen MR) is 191 cm³/mol. The second kappa shape index (κ2) is 9.29. The van der Waals surface area contributed by atoms with E-state index in [1.165, 1.54) is 0 Å². The fourth-order valence-corrected chi connectivity index (χ4v) is 6.84. The quantitative estimate of drug-likeness (QED) is 0.190. The second-order valence-corrected chi connectivity index (χ2v) is 11.4. The van der Waals surface area contributed by atoms with Crippen molar-refractivity contribution in [3.05, 3.63) is 158 Å². The van der Waals surface area contributed by atoms with Gasteiger partial charge in [0.1, 0.15) is 11.2 Å². The fourth-order valence-electron chi connectivity index (χ4n) is 6.84. The molecule has 0 unspecified atom stereocenters. The Morgan fingerprint density at radius 2 is 0.911 bits per heavy atom. The third-order valence-electron chi connectivity index (χ3n) is 8.95. The van der Waals surface area contributed by atoms with Crippen molar-refractivity contribution in [2.75, 3.05) is 0 Å². The van der Waals surface area contributed by atoms with E-state index in [0.717, 1.165) is 32.7 Å². The molecular formula is C44H26O. The predicted octanol–water partition coefficient (Wildman–Crippen LogP) is 12.6. The van der Waals surface area contributed by atoms with Gasteiger partial charge in [-0.25, -0.2) is 0 Å². The number of para-hydroxylation sites is 2. The summed E-state index contributed by atoms with van der Waals surface area (Å²) in [5.74, 6) is 0. The Bertz CT molecular complexity index is 3190. The van der Waals surface area contributed by atoms with Crippen molar-refractivity contribution < 1.29 is 15.4 Å². The molecule has 0 aliphatic heterocycles. The van der Waals surface area contributed by atoms with E-state index >= 15 is 0 Å². The molecule has 0 fully saturated rings. The fraction of sp³-hybridized carbons (Fsp3) is 0. The lowest BCUT2D eigenvalue weighted by molar-refractivity contribution is 0.670. The van der Waals surface area contributed by atoms with Crippen LogP contribution in [-0.4, -0.2) is 0 Å². The van der Waals surface area contributed by atoms with Gasteiger partial charge in [-0.1, -0.05) is 151 Å². The molecule has 1 heteroatoms. The zero-order valence-electron chi connectivity index (χ0n) is 31.8. The highest BCUT2D eigenvalue weighted by Crippen LogP contribution is 2.44. The highest BCUT2D eigenvalue weighted by atomic mass is 16.3. The van der Waals surface area contributed by atoms with Gasteiger partial charge in [0.2, 0.25) is 0 Å². The van der Waals surface area contributed by atoms with Gasteiger partial charge in [0.05, 0.1) is 11.0 Å². The first-order valence-corrected chi connectivity index (χ1v) is 14.9. The van der Waals surface area contributed by atoms with E-state index < -0.39 is 0 Å². The molecule has 0 amide bonds. The third kappa shape index (κ3) is 3.56. The van der Waals surface area contributed by atoms with E-state index in [1.54, 1.807) is 6.07 Å². The normalized spacial score (nSPS) is 14.5. The van der Waals surface area contributed by atoms with E-state index in [1.807, 2.05) is 78.9 Å². The first kappa shape index (κ1) is 18.0. The number of furan rings is 1. The van der Waals surface area contributed by atoms with E-state index in [2.05, 4.69) is 24.3 Å². The first-order valence-electron chi connectivity index (χ1n) is 18.9. The summed E-state index contributed by atoms with van der Waals surface area (Å²) in [6.45, 7) is 0. The Labute approximate surface area is 271 Å². The van der Waals surface area contributed by atoms with Crippen LogP contribution >= 0.6 is 0 Å². The van der Waals surface area contributed by atoms with E-state index in [-0.39, 0.29) is 91.8 Å². The third-order valence-corrected chi connectivity index (χ3v) is 8.95. The number of rotatable bonds is 3. The summed E-state index contributed by atoms with van der Waals surface area (Å²) in [7, 11) is 0. The Balaban J connectivity index is 1.32. The molecule has 208 valence electrons. The molecular weight excluding hydrogens is 544 g/mol. The zero-order valence-corrected chi connectivity index (χ0v) is 23.8. The van der Waals surface area contributed by atoms with Crippen molar-refractivity contribution in [3.8, 4) is 33.4 Å². The van der Waals surface area contributed by atoms with Gasteiger partial charge in [-0.2, -0.15) is 0 Å². The summed E-state index contributed by atoms with van der Waals surface area (Å²) in [6, 6.07) is 32.8. The van der Waals surface area contributed by atoms with Gasteiger partial charge in [0, 0.05) is 16.3 Å². The Morgan fingerprint density at radius 1 is 0.356 bits per heavy atom. The summed E-state index contributed by atoms with van der Waals surface area (Å²) in [5, 5.41) is 4.82. The first-order chi connectivity index (χ1) is 25.7. The molecule has 1 aromatic heterocycles. The smallest absolute Gasteiger partial charge is 0.143 e. The zero-order chi connectivity index (χ0) is 36.4. The molecule has 0 atom stereocenters.